The van der Waals surface area contributed by atoms with Crippen molar-refractivity contribution < 1.29 is 8.42 Å². The van der Waals surface area contributed by atoms with Gasteiger partial charge in [0, 0.05) is 5.69 Å². The Morgan fingerprint density at radius 2 is 1.50 bits per heavy atom. The van der Waals surface area contributed by atoms with Crippen molar-refractivity contribution in [3.8, 4) is 0 Å². The van der Waals surface area contributed by atoms with Crippen molar-refractivity contribution in [3.05, 3.63) is 59.7 Å². The largest absolute Gasteiger partial charge is 0.280 e. The highest BCUT2D eigenvalue weighted by Gasteiger charge is 2.17. The molecule has 4 heteroatoms. The van der Waals surface area contributed by atoms with Gasteiger partial charge in [-0.1, -0.05) is 58.9 Å². The van der Waals surface area contributed by atoms with Crippen molar-refractivity contribution in [1.82, 2.24) is 0 Å². The van der Waals surface area contributed by atoms with Crippen LogP contribution >= 0.6 is 0 Å². The molecular weight excluding hydrogens is 318 g/mol. The van der Waals surface area contributed by atoms with Gasteiger partial charge in [-0.3, -0.25) is 4.72 Å². The molecule has 0 amide bonds. The fourth-order valence-corrected chi connectivity index (χ4v) is 3.52. The molecule has 0 aromatic heterocycles. The van der Waals surface area contributed by atoms with Gasteiger partial charge in [0.1, 0.15) is 0 Å². The summed E-state index contributed by atoms with van der Waals surface area (Å²) in [4.78, 5) is 0.279. The van der Waals surface area contributed by atoms with E-state index in [1.165, 1.54) is 5.56 Å². The van der Waals surface area contributed by atoms with E-state index < -0.39 is 10.0 Å². The third-order valence-corrected chi connectivity index (χ3v) is 5.77. The summed E-state index contributed by atoms with van der Waals surface area (Å²) in [7, 11) is -3.56. The van der Waals surface area contributed by atoms with Crippen molar-refractivity contribution in [3.63, 3.8) is 0 Å². The quantitative estimate of drug-likeness (QED) is 0.799. The Bertz CT molecular complexity index is 770. The van der Waals surface area contributed by atoms with Crippen LogP contribution in [0.4, 0.5) is 5.69 Å². The van der Waals surface area contributed by atoms with E-state index in [0.29, 0.717) is 11.6 Å². The molecule has 1 atom stereocenters. The minimum absolute atomic E-state index is 0.00151. The minimum Gasteiger partial charge on any atom is -0.280 e. The van der Waals surface area contributed by atoms with Crippen LogP contribution in [0, 0.1) is 0 Å². The van der Waals surface area contributed by atoms with Gasteiger partial charge in [-0.25, -0.2) is 8.42 Å². The second-order valence-corrected chi connectivity index (χ2v) is 8.99. The van der Waals surface area contributed by atoms with E-state index in [1.54, 1.807) is 12.1 Å². The molecule has 2 aromatic rings. The Hall–Kier alpha value is -1.81. The maximum absolute atomic E-state index is 12.5. The predicted octanol–water partition coefficient (Wildman–Crippen LogP) is 5.30. The number of hydrogen-bond acceptors (Lipinski definition) is 2. The Labute approximate surface area is 146 Å². The summed E-state index contributed by atoms with van der Waals surface area (Å²) in [5, 5.41) is 0. The van der Waals surface area contributed by atoms with E-state index in [9.17, 15) is 8.42 Å². The summed E-state index contributed by atoms with van der Waals surface area (Å²) >= 11 is 0. The van der Waals surface area contributed by atoms with Crippen molar-refractivity contribution in [2.45, 2.75) is 57.3 Å². The predicted molar refractivity (Wildman–Crippen MR) is 101 cm³/mol. The maximum Gasteiger partial charge on any atom is 0.261 e. The number of sulfonamides is 1. The SMILES string of the molecule is CCC(C)c1ccc(NS(=O)(=O)c2ccc(C(C)(C)C)cc2)cc1. The van der Waals surface area contributed by atoms with Crippen LogP contribution in [-0.2, 0) is 15.4 Å². The normalized spacial score (nSPS) is 13.5. The van der Waals surface area contributed by atoms with E-state index in [2.05, 4.69) is 39.3 Å². The topological polar surface area (TPSA) is 46.2 Å². The number of rotatable bonds is 5. The van der Waals surface area contributed by atoms with E-state index in [1.807, 2.05) is 36.4 Å². The lowest BCUT2D eigenvalue weighted by Gasteiger charge is -2.19. The number of anilines is 1. The second-order valence-electron chi connectivity index (χ2n) is 7.31. The van der Waals surface area contributed by atoms with Crippen LogP contribution in [0.25, 0.3) is 0 Å². The summed E-state index contributed by atoms with van der Waals surface area (Å²) in [6.45, 7) is 10.6. The molecule has 1 unspecified atom stereocenters. The first-order valence-corrected chi connectivity index (χ1v) is 9.85. The third-order valence-electron chi connectivity index (χ3n) is 4.37. The molecule has 0 bridgehead atoms. The van der Waals surface area contributed by atoms with Gasteiger partial charge in [-0.05, 0) is 53.1 Å². The second kappa shape index (κ2) is 6.98. The third kappa shape index (κ3) is 4.38. The lowest BCUT2D eigenvalue weighted by atomic mass is 9.87. The Kier molecular flexibility index (Phi) is 5.38. The van der Waals surface area contributed by atoms with Crippen LogP contribution in [0.5, 0.6) is 0 Å². The van der Waals surface area contributed by atoms with Gasteiger partial charge in [-0.15, -0.1) is 0 Å². The first kappa shape index (κ1) is 18.5. The highest BCUT2D eigenvalue weighted by atomic mass is 32.2. The summed E-state index contributed by atoms with van der Waals surface area (Å²) in [6.07, 6.45) is 1.06. The highest BCUT2D eigenvalue weighted by Crippen LogP contribution is 2.25. The summed E-state index contributed by atoms with van der Waals surface area (Å²) < 4.78 is 27.7. The molecule has 130 valence electrons. The highest BCUT2D eigenvalue weighted by molar-refractivity contribution is 7.92. The van der Waals surface area contributed by atoms with Crippen LogP contribution in [0.15, 0.2) is 53.4 Å². The van der Waals surface area contributed by atoms with E-state index >= 15 is 0 Å². The molecule has 0 radical (unpaired) electrons. The van der Waals surface area contributed by atoms with Gasteiger partial charge in [0.25, 0.3) is 10.0 Å². The summed E-state index contributed by atoms with van der Waals surface area (Å²) in [5.74, 6) is 0.473. The monoisotopic (exact) mass is 345 g/mol. The molecule has 1 N–H and O–H groups in total. The molecule has 0 fully saturated rings. The van der Waals surface area contributed by atoms with Crippen LogP contribution < -0.4 is 4.72 Å². The lowest BCUT2D eigenvalue weighted by molar-refractivity contribution is 0.587. The molecule has 0 aliphatic heterocycles. The first-order chi connectivity index (χ1) is 11.1. The smallest absolute Gasteiger partial charge is 0.261 e. The molecule has 0 spiro atoms. The van der Waals surface area contributed by atoms with Crippen molar-refractivity contribution >= 4 is 15.7 Å². The lowest BCUT2D eigenvalue weighted by Crippen LogP contribution is -2.15. The molecule has 3 nitrogen and oxygen atoms in total. The standard InChI is InChI=1S/C20H27NO2S/c1-6-15(2)16-7-11-18(12-8-16)21-24(22,23)19-13-9-17(10-14-19)20(3,4)5/h7-15,21H,6H2,1-5H3. The number of nitrogens with one attached hydrogen (secondary N) is 1. The minimum atomic E-state index is -3.56. The Morgan fingerprint density at radius 3 is 1.96 bits per heavy atom. The molecule has 2 rings (SSSR count). The van der Waals surface area contributed by atoms with Crippen LogP contribution in [0.1, 0.15) is 58.1 Å². The van der Waals surface area contributed by atoms with Gasteiger partial charge in [-0.2, -0.15) is 0 Å². The fourth-order valence-electron chi connectivity index (χ4n) is 2.46. The zero-order chi connectivity index (χ0) is 18.0. The van der Waals surface area contributed by atoms with Crippen LogP contribution in [-0.4, -0.2) is 8.42 Å². The van der Waals surface area contributed by atoms with E-state index in [-0.39, 0.29) is 10.3 Å². The Morgan fingerprint density at radius 1 is 0.958 bits per heavy atom. The van der Waals surface area contributed by atoms with Gasteiger partial charge in [0.2, 0.25) is 0 Å². The van der Waals surface area contributed by atoms with E-state index in [0.717, 1.165) is 12.0 Å². The van der Waals surface area contributed by atoms with Gasteiger partial charge >= 0.3 is 0 Å². The van der Waals surface area contributed by atoms with Gasteiger partial charge < -0.3 is 0 Å². The van der Waals surface area contributed by atoms with Crippen molar-refractivity contribution in [1.29, 1.82) is 0 Å². The van der Waals surface area contributed by atoms with Crippen LogP contribution in [0.3, 0.4) is 0 Å². The van der Waals surface area contributed by atoms with Gasteiger partial charge in [0.05, 0.1) is 4.90 Å². The van der Waals surface area contributed by atoms with Crippen LogP contribution in [0.2, 0.25) is 0 Å². The summed E-state index contributed by atoms with van der Waals surface area (Å²) in [6, 6.07) is 14.7. The molecule has 24 heavy (non-hydrogen) atoms. The molecule has 0 saturated heterocycles. The van der Waals surface area contributed by atoms with E-state index in [4.69, 9.17) is 0 Å². The molecule has 0 heterocycles. The first-order valence-electron chi connectivity index (χ1n) is 8.37. The molecular formula is C20H27NO2S. The molecule has 0 aliphatic carbocycles. The summed E-state index contributed by atoms with van der Waals surface area (Å²) in [5.41, 5.74) is 2.91. The Balaban J connectivity index is 2.19. The number of benzene rings is 2. The maximum atomic E-state index is 12.5. The molecule has 0 saturated carbocycles. The zero-order valence-corrected chi connectivity index (χ0v) is 15.9. The fraction of sp³-hybridized carbons (Fsp3) is 0.400. The molecule has 0 aliphatic rings. The van der Waals surface area contributed by atoms with Gasteiger partial charge in [0.15, 0.2) is 0 Å². The average molecular weight is 346 g/mol. The van der Waals surface area contributed by atoms with Crippen molar-refractivity contribution in [2.24, 2.45) is 0 Å². The number of hydrogen-bond donors (Lipinski definition) is 1. The average Bonchev–Trinajstić information content (AvgIpc) is 2.54. The molecule has 2 aromatic carbocycles. The van der Waals surface area contributed by atoms with Crippen molar-refractivity contribution in [2.75, 3.05) is 4.72 Å². The zero-order valence-electron chi connectivity index (χ0n) is 15.1.